The van der Waals surface area contributed by atoms with Gasteiger partial charge in [-0.2, -0.15) is 0 Å². The van der Waals surface area contributed by atoms with Gasteiger partial charge in [0, 0.05) is 19.6 Å². The highest BCUT2D eigenvalue weighted by Gasteiger charge is 2.08. The zero-order chi connectivity index (χ0) is 13.4. The Kier molecular flexibility index (Phi) is 6.54. The molecule has 1 aromatic carbocycles. The summed E-state index contributed by atoms with van der Waals surface area (Å²) in [5.74, 6) is 1.54. The molecule has 0 saturated carbocycles. The lowest BCUT2D eigenvalue weighted by Crippen LogP contribution is -2.29. The van der Waals surface area contributed by atoms with Crippen LogP contribution in [0.3, 0.4) is 0 Å². The van der Waals surface area contributed by atoms with Crippen LogP contribution in [0.2, 0.25) is 0 Å². The SMILES string of the molecule is CCCN(CCN)Cc1ccc(OC)c(OC)c1. The Bertz CT molecular complexity index is 350. The molecule has 0 unspecified atom stereocenters. The fraction of sp³-hybridized carbons (Fsp3) is 0.571. The maximum atomic E-state index is 5.63. The predicted molar refractivity (Wildman–Crippen MR) is 74.2 cm³/mol. The van der Waals surface area contributed by atoms with E-state index in [1.54, 1.807) is 14.2 Å². The number of rotatable bonds is 8. The van der Waals surface area contributed by atoms with E-state index >= 15 is 0 Å². The second-order valence-electron chi connectivity index (χ2n) is 4.25. The number of benzene rings is 1. The number of hydrogen-bond acceptors (Lipinski definition) is 4. The van der Waals surface area contributed by atoms with Crippen molar-refractivity contribution in [3.63, 3.8) is 0 Å². The molecule has 0 radical (unpaired) electrons. The molecule has 0 aromatic heterocycles. The standard InChI is InChI=1S/C14H24N2O2/c1-4-8-16(9-7-15)11-12-5-6-13(17-2)14(10-12)18-3/h5-6,10H,4,7-9,11,15H2,1-3H3. The van der Waals surface area contributed by atoms with Crippen LogP contribution in [-0.2, 0) is 6.54 Å². The zero-order valence-corrected chi connectivity index (χ0v) is 11.6. The Labute approximate surface area is 110 Å². The van der Waals surface area contributed by atoms with Crippen molar-refractivity contribution in [1.82, 2.24) is 4.90 Å². The van der Waals surface area contributed by atoms with Crippen molar-refractivity contribution in [2.45, 2.75) is 19.9 Å². The van der Waals surface area contributed by atoms with Crippen molar-refractivity contribution in [3.05, 3.63) is 23.8 Å². The molecule has 0 amide bonds. The minimum Gasteiger partial charge on any atom is -0.493 e. The highest BCUT2D eigenvalue weighted by molar-refractivity contribution is 5.42. The van der Waals surface area contributed by atoms with E-state index < -0.39 is 0 Å². The first kappa shape index (κ1) is 14.8. The predicted octanol–water partition coefficient (Wildman–Crippen LogP) is 1.87. The Hall–Kier alpha value is -1.26. The molecule has 18 heavy (non-hydrogen) atoms. The maximum Gasteiger partial charge on any atom is 0.161 e. The second kappa shape index (κ2) is 7.95. The van der Waals surface area contributed by atoms with Crippen LogP contribution in [0, 0.1) is 0 Å². The largest absolute Gasteiger partial charge is 0.493 e. The van der Waals surface area contributed by atoms with Crippen LogP contribution in [0.25, 0.3) is 0 Å². The van der Waals surface area contributed by atoms with E-state index in [2.05, 4.69) is 17.9 Å². The summed E-state index contributed by atoms with van der Waals surface area (Å²) >= 11 is 0. The van der Waals surface area contributed by atoms with Gasteiger partial charge in [0.2, 0.25) is 0 Å². The molecule has 0 fully saturated rings. The third kappa shape index (κ3) is 4.20. The summed E-state index contributed by atoms with van der Waals surface area (Å²) in [5, 5.41) is 0. The average molecular weight is 252 g/mol. The molecule has 0 aliphatic carbocycles. The van der Waals surface area contributed by atoms with Gasteiger partial charge in [-0.3, -0.25) is 4.90 Å². The molecule has 0 atom stereocenters. The summed E-state index contributed by atoms with van der Waals surface area (Å²) in [6, 6.07) is 6.04. The maximum absolute atomic E-state index is 5.63. The van der Waals surface area contributed by atoms with Crippen LogP contribution in [-0.4, -0.2) is 38.8 Å². The van der Waals surface area contributed by atoms with Gasteiger partial charge in [0.25, 0.3) is 0 Å². The summed E-state index contributed by atoms with van der Waals surface area (Å²) in [4.78, 5) is 2.35. The molecule has 1 rings (SSSR count). The highest BCUT2D eigenvalue weighted by atomic mass is 16.5. The third-order valence-corrected chi connectivity index (χ3v) is 2.84. The van der Waals surface area contributed by atoms with Crippen molar-refractivity contribution in [2.24, 2.45) is 5.73 Å². The Morgan fingerprint density at radius 3 is 2.39 bits per heavy atom. The van der Waals surface area contributed by atoms with Gasteiger partial charge in [0.1, 0.15) is 0 Å². The van der Waals surface area contributed by atoms with E-state index in [-0.39, 0.29) is 0 Å². The topological polar surface area (TPSA) is 47.7 Å². The Balaban J connectivity index is 2.76. The second-order valence-corrected chi connectivity index (χ2v) is 4.25. The van der Waals surface area contributed by atoms with Gasteiger partial charge in [-0.15, -0.1) is 0 Å². The van der Waals surface area contributed by atoms with Crippen LogP contribution in [0.1, 0.15) is 18.9 Å². The molecular formula is C14H24N2O2. The van der Waals surface area contributed by atoms with Crippen LogP contribution >= 0.6 is 0 Å². The quantitative estimate of drug-likeness (QED) is 0.767. The van der Waals surface area contributed by atoms with Gasteiger partial charge in [0.05, 0.1) is 14.2 Å². The number of nitrogens with two attached hydrogens (primary N) is 1. The van der Waals surface area contributed by atoms with Crippen LogP contribution in [0.4, 0.5) is 0 Å². The Morgan fingerprint density at radius 2 is 1.83 bits per heavy atom. The number of methoxy groups -OCH3 is 2. The fourth-order valence-corrected chi connectivity index (χ4v) is 2.01. The molecule has 0 bridgehead atoms. The highest BCUT2D eigenvalue weighted by Crippen LogP contribution is 2.27. The lowest BCUT2D eigenvalue weighted by atomic mass is 10.2. The molecular weight excluding hydrogens is 228 g/mol. The van der Waals surface area contributed by atoms with E-state index in [1.807, 2.05) is 12.1 Å². The summed E-state index contributed by atoms with van der Waals surface area (Å²) in [6.07, 6.45) is 1.13. The molecule has 0 spiro atoms. The summed E-state index contributed by atoms with van der Waals surface area (Å²) in [7, 11) is 3.31. The lowest BCUT2D eigenvalue weighted by molar-refractivity contribution is 0.272. The number of ether oxygens (including phenoxy) is 2. The van der Waals surface area contributed by atoms with E-state index in [0.29, 0.717) is 6.54 Å². The van der Waals surface area contributed by atoms with Crippen molar-refractivity contribution in [1.29, 1.82) is 0 Å². The van der Waals surface area contributed by atoms with Crippen LogP contribution < -0.4 is 15.2 Å². The third-order valence-electron chi connectivity index (χ3n) is 2.84. The van der Waals surface area contributed by atoms with Gasteiger partial charge in [-0.1, -0.05) is 13.0 Å². The van der Waals surface area contributed by atoms with Crippen molar-refractivity contribution in [2.75, 3.05) is 33.9 Å². The molecule has 0 heterocycles. The molecule has 0 saturated heterocycles. The first-order valence-electron chi connectivity index (χ1n) is 6.38. The average Bonchev–Trinajstić information content (AvgIpc) is 2.39. The van der Waals surface area contributed by atoms with Crippen molar-refractivity contribution >= 4 is 0 Å². The Morgan fingerprint density at radius 1 is 1.11 bits per heavy atom. The minimum atomic E-state index is 0.688. The monoisotopic (exact) mass is 252 g/mol. The van der Waals surface area contributed by atoms with Gasteiger partial charge in [-0.25, -0.2) is 0 Å². The van der Waals surface area contributed by atoms with E-state index in [4.69, 9.17) is 15.2 Å². The van der Waals surface area contributed by atoms with Gasteiger partial charge >= 0.3 is 0 Å². The summed E-state index contributed by atoms with van der Waals surface area (Å²) in [6.45, 7) is 5.74. The van der Waals surface area contributed by atoms with Crippen molar-refractivity contribution in [3.8, 4) is 11.5 Å². The first-order valence-corrected chi connectivity index (χ1v) is 6.38. The molecule has 4 nitrogen and oxygen atoms in total. The molecule has 2 N–H and O–H groups in total. The van der Waals surface area contributed by atoms with E-state index in [9.17, 15) is 0 Å². The van der Waals surface area contributed by atoms with E-state index in [1.165, 1.54) is 5.56 Å². The number of nitrogens with zero attached hydrogens (tertiary/aromatic N) is 1. The van der Waals surface area contributed by atoms with E-state index in [0.717, 1.165) is 37.6 Å². The summed E-state index contributed by atoms with van der Waals surface area (Å²) in [5.41, 5.74) is 6.85. The zero-order valence-electron chi connectivity index (χ0n) is 11.6. The number of hydrogen-bond donors (Lipinski definition) is 1. The molecule has 0 aliphatic heterocycles. The molecule has 4 heteroatoms. The molecule has 1 aromatic rings. The minimum absolute atomic E-state index is 0.688. The first-order chi connectivity index (χ1) is 8.74. The van der Waals surface area contributed by atoms with Crippen molar-refractivity contribution < 1.29 is 9.47 Å². The fourth-order valence-electron chi connectivity index (χ4n) is 2.01. The van der Waals surface area contributed by atoms with Gasteiger partial charge < -0.3 is 15.2 Å². The van der Waals surface area contributed by atoms with Gasteiger partial charge in [0.15, 0.2) is 11.5 Å². The lowest BCUT2D eigenvalue weighted by Gasteiger charge is -2.21. The van der Waals surface area contributed by atoms with Crippen LogP contribution in [0.15, 0.2) is 18.2 Å². The van der Waals surface area contributed by atoms with Crippen LogP contribution in [0.5, 0.6) is 11.5 Å². The smallest absolute Gasteiger partial charge is 0.161 e. The normalized spacial score (nSPS) is 10.7. The molecule has 0 aliphatic rings. The molecule has 102 valence electrons. The summed E-state index contributed by atoms with van der Waals surface area (Å²) < 4.78 is 10.5. The van der Waals surface area contributed by atoms with Gasteiger partial charge in [-0.05, 0) is 30.7 Å².